The highest BCUT2D eigenvalue weighted by atomic mass is 32.2. The number of hydrogen-bond acceptors (Lipinski definition) is 3. The minimum Gasteiger partial charge on any atom is -0.393 e. The summed E-state index contributed by atoms with van der Waals surface area (Å²) in [5, 5.41) is 8.99. The molecule has 2 N–H and O–H groups in total. The first-order valence-electron chi connectivity index (χ1n) is 8.06. The lowest BCUT2D eigenvalue weighted by Gasteiger charge is -2.14. The molecule has 0 heterocycles. The van der Waals surface area contributed by atoms with Crippen LogP contribution >= 0.6 is 0 Å². The van der Waals surface area contributed by atoms with Gasteiger partial charge in [0.25, 0.3) is 10.1 Å². The molecule has 0 aromatic rings. The van der Waals surface area contributed by atoms with E-state index >= 15 is 0 Å². The smallest absolute Gasteiger partial charge is 0.267 e. The maximum absolute atomic E-state index is 11.3. The third-order valence-corrected chi connectivity index (χ3v) is 5.05. The SMILES string of the molecule is CCCCCC(CCCCCC(O)CCC)S(=O)(=O)O. The maximum atomic E-state index is 11.3. The van der Waals surface area contributed by atoms with Gasteiger partial charge in [-0.05, 0) is 25.7 Å². The summed E-state index contributed by atoms with van der Waals surface area (Å²) in [5.41, 5.74) is 0. The van der Waals surface area contributed by atoms with Crippen molar-refractivity contribution in [1.82, 2.24) is 0 Å². The molecule has 2 atom stereocenters. The van der Waals surface area contributed by atoms with E-state index in [0.29, 0.717) is 12.8 Å². The van der Waals surface area contributed by atoms with E-state index in [0.717, 1.165) is 57.8 Å². The third-order valence-electron chi connectivity index (χ3n) is 3.74. The lowest BCUT2D eigenvalue weighted by molar-refractivity contribution is 0.150. The molecule has 0 amide bonds. The molecular weight excluding hydrogens is 276 g/mol. The van der Waals surface area contributed by atoms with Gasteiger partial charge in [-0.1, -0.05) is 58.8 Å². The fraction of sp³-hybridized carbons (Fsp3) is 1.00. The molecule has 0 aromatic heterocycles. The molecule has 0 bridgehead atoms. The number of rotatable bonds is 13. The van der Waals surface area contributed by atoms with Crippen molar-refractivity contribution in [1.29, 1.82) is 0 Å². The first kappa shape index (κ1) is 19.9. The standard InChI is InChI=1S/C15H32O4S/c1-3-5-7-12-15(20(17,18)19)13-9-6-8-11-14(16)10-4-2/h14-16H,3-13H2,1-2H3,(H,17,18,19). The predicted octanol–water partition coefficient (Wildman–Crippen LogP) is 3.93. The lowest BCUT2D eigenvalue weighted by Crippen LogP contribution is -2.20. The Kier molecular flexibility index (Phi) is 11.4. The van der Waals surface area contributed by atoms with E-state index in [4.69, 9.17) is 0 Å². The Morgan fingerprint density at radius 1 is 0.800 bits per heavy atom. The van der Waals surface area contributed by atoms with E-state index < -0.39 is 15.4 Å². The second-order valence-corrected chi connectivity index (χ2v) is 7.41. The fourth-order valence-corrected chi connectivity index (χ4v) is 3.40. The molecule has 0 saturated carbocycles. The molecule has 122 valence electrons. The van der Waals surface area contributed by atoms with Crippen LogP contribution in [0.1, 0.15) is 84.5 Å². The van der Waals surface area contributed by atoms with Crippen LogP contribution in [0.3, 0.4) is 0 Å². The topological polar surface area (TPSA) is 74.6 Å². The molecule has 0 fully saturated rings. The van der Waals surface area contributed by atoms with Crippen molar-refractivity contribution in [2.75, 3.05) is 0 Å². The number of unbranched alkanes of at least 4 members (excludes halogenated alkanes) is 4. The predicted molar refractivity (Wildman–Crippen MR) is 83.5 cm³/mol. The Morgan fingerprint density at radius 2 is 1.35 bits per heavy atom. The van der Waals surface area contributed by atoms with Crippen LogP contribution in [-0.2, 0) is 10.1 Å². The lowest BCUT2D eigenvalue weighted by atomic mass is 10.0. The second kappa shape index (κ2) is 11.5. The van der Waals surface area contributed by atoms with Crippen molar-refractivity contribution in [3.05, 3.63) is 0 Å². The molecule has 5 heteroatoms. The average Bonchev–Trinajstić information content (AvgIpc) is 2.35. The summed E-state index contributed by atoms with van der Waals surface area (Å²) < 4.78 is 31.8. The fourth-order valence-electron chi connectivity index (χ4n) is 2.47. The van der Waals surface area contributed by atoms with Crippen LogP contribution in [-0.4, -0.2) is 29.4 Å². The molecule has 20 heavy (non-hydrogen) atoms. The van der Waals surface area contributed by atoms with Gasteiger partial charge >= 0.3 is 0 Å². The Bertz CT molecular complexity index is 314. The third kappa shape index (κ3) is 10.6. The van der Waals surface area contributed by atoms with Crippen molar-refractivity contribution < 1.29 is 18.1 Å². The number of hydrogen-bond donors (Lipinski definition) is 2. The first-order valence-corrected chi connectivity index (χ1v) is 9.56. The van der Waals surface area contributed by atoms with Gasteiger partial charge < -0.3 is 5.11 Å². The zero-order valence-corrected chi connectivity index (χ0v) is 13.9. The quantitative estimate of drug-likeness (QED) is 0.399. The highest BCUT2D eigenvalue weighted by molar-refractivity contribution is 7.86. The minimum absolute atomic E-state index is 0.220. The Balaban J connectivity index is 3.85. The number of aliphatic hydroxyl groups excluding tert-OH is 1. The zero-order chi connectivity index (χ0) is 15.4. The van der Waals surface area contributed by atoms with Crippen LogP contribution in [0.5, 0.6) is 0 Å². The van der Waals surface area contributed by atoms with E-state index in [1.54, 1.807) is 0 Å². The molecule has 4 nitrogen and oxygen atoms in total. The van der Waals surface area contributed by atoms with Crippen molar-refractivity contribution in [3.63, 3.8) is 0 Å². The molecule has 0 spiro atoms. The highest BCUT2D eigenvalue weighted by Crippen LogP contribution is 2.18. The van der Waals surface area contributed by atoms with Gasteiger partial charge in [0.2, 0.25) is 0 Å². The molecule has 0 aliphatic carbocycles. The van der Waals surface area contributed by atoms with Crippen molar-refractivity contribution in [2.45, 2.75) is 95.8 Å². The van der Waals surface area contributed by atoms with Gasteiger partial charge in [-0.2, -0.15) is 8.42 Å². The normalized spacial score (nSPS) is 15.2. The van der Waals surface area contributed by atoms with Crippen molar-refractivity contribution >= 4 is 10.1 Å². The monoisotopic (exact) mass is 308 g/mol. The molecule has 0 rings (SSSR count). The summed E-state index contributed by atoms with van der Waals surface area (Å²) in [5.74, 6) is 0. The van der Waals surface area contributed by atoms with Crippen LogP contribution < -0.4 is 0 Å². The molecule has 0 saturated heterocycles. The van der Waals surface area contributed by atoms with Gasteiger partial charge in [0, 0.05) is 0 Å². The molecule has 2 unspecified atom stereocenters. The second-order valence-electron chi connectivity index (χ2n) is 5.71. The van der Waals surface area contributed by atoms with E-state index in [-0.39, 0.29) is 6.10 Å². The van der Waals surface area contributed by atoms with E-state index in [1.807, 2.05) is 0 Å². The van der Waals surface area contributed by atoms with Gasteiger partial charge in [0.1, 0.15) is 0 Å². The molecule has 0 aliphatic rings. The van der Waals surface area contributed by atoms with Gasteiger partial charge in [-0.15, -0.1) is 0 Å². The van der Waals surface area contributed by atoms with Crippen LogP contribution in [0.25, 0.3) is 0 Å². The summed E-state index contributed by atoms with van der Waals surface area (Å²) in [6.45, 7) is 4.13. The van der Waals surface area contributed by atoms with Crippen LogP contribution in [0.15, 0.2) is 0 Å². The van der Waals surface area contributed by atoms with E-state index in [2.05, 4.69) is 13.8 Å². The van der Waals surface area contributed by atoms with Gasteiger partial charge in [0.05, 0.1) is 11.4 Å². The maximum Gasteiger partial charge on any atom is 0.267 e. The van der Waals surface area contributed by atoms with E-state index in [1.165, 1.54) is 0 Å². The van der Waals surface area contributed by atoms with Gasteiger partial charge in [0.15, 0.2) is 0 Å². The summed E-state index contributed by atoms with van der Waals surface area (Å²) in [6.07, 6.45) is 9.05. The average molecular weight is 308 g/mol. The van der Waals surface area contributed by atoms with Crippen molar-refractivity contribution in [3.8, 4) is 0 Å². The summed E-state index contributed by atoms with van der Waals surface area (Å²) >= 11 is 0. The largest absolute Gasteiger partial charge is 0.393 e. The summed E-state index contributed by atoms with van der Waals surface area (Å²) in [6, 6.07) is 0. The Labute approximate surface area is 124 Å². The first-order chi connectivity index (χ1) is 9.41. The zero-order valence-electron chi connectivity index (χ0n) is 13.1. The Morgan fingerprint density at radius 3 is 1.85 bits per heavy atom. The molecule has 0 radical (unpaired) electrons. The van der Waals surface area contributed by atoms with Crippen LogP contribution in [0, 0.1) is 0 Å². The van der Waals surface area contributed by atoms with Crippen LogP contribution in [0.2, 0.25) is 0 Å². The number of aliphatic hydroxyl groups is 1. The van der Waals surface area contributed by atoms with Gasteiger partial charge in [-0.25, -0.2) is 0 Å². The summed E-state index contributed by atoms with van der Waals surface area (Å²) in [4.78, 5) is 0. The van der Waals surface area contributed by atoms with Crippen LogP contribution in [0.4, 0.5) is 0 Å². The molecular formula is C15H32O4S. The van der Waals surface area contributed by atoms with E-state index in [9.17, 15) is 18.1 Å². The minimum atomic E-state index is -3.91. The molecule has 0 aliphatic heterocycles. The summed E-state index contributed by atoms with van der Waals surface area (Å²) in [7, 11) is -3.91. The van der Waals surface area contributed by atoms with Gasteiger partial charge in [-0.3, -0.25) is 4.55 Å². The highest BCUT2D eigenvalue weighted by Gasteiger charge is 2.21. The van der Waals surface area contributed by atoms with Crippen molar-refractivity contribution in [2.24, 2.45) is 0 Å². The molecule has 0 aromatic carbocycles. The Hall–Kier alpha value is -0.130.